The highest BCUT2D eigenvalue weighted by molar-refractivity contribution is 5.47. The molecule has 1 fully saturated rings. The quantitative estimate of drug-likeness (QED) is 0.362. The van der Waals surface area contributed by atoms with E-state index in [0.29, 0.717) is 19.0 Å². The molecule has 0 aliphatic heterocycles. The highest BCUT2D eigenvalue weighted by atomic mass is 19.2. The van der Waals surface area contributed by atoms with E-state index in [1.807, 2.05) is 0 Å². The molecule has 1 saturated carbocycles. The second-order valence-electron chi connectivity index (χ2n) is 4.45. The maximum atomic E-state index is 13.3. The molecule has 0 radical (unpaired) electrons. The Labute approximate surface area is 107 Å². The van der Waals surface area contributed by atoms with Crippen LogP contribution in [0.25, 0.3) is 0 Å². The zero-order valence-electron chi connectivity index (χ0n) is 10.0. The number of hydrogen-bond donors (Lipinski definition) is 2. The summed E-state index contributed by atoms with van der Waals surface area (Å²) < 4.78 is 65.0. The molecule has 2 N–H and O–H groups in total. The maximum Gasteiger partial charge on any atom is 0.200 e. The van der Waals surface area contributed by atoms with Crippen molar-refractivity contribution in [1.82, 2.24) is 5.32 Å². The molecule has 1 aromatic rings. The molecule has 1 aromatic carbocycles. The molecule has 0 amide bonds. The fraction of sp³-hybridized carbons (Fsp3) is 0.500. The van der Waals surface area contributed by atoms with Gasteiger partial charge in [-0.3, -0.25) is 0 Å². The minimum atomic E-state index is -2.14. The Bertz CT molecular complexity index is 445. The molecule has 0 heterocycles. The van der Waals surface area contributed by atoms with Crippen LogP contribution in [-0.4, -0.2) is 19.1 Å². The Kier molecular flexibility index (Phi) is 4.24. The second kappa shape index (κ2) is 5.73. The predicted octanol–water partition coefficient (Wildman–Crippen LogP) is 2.94. The average Bonchev–Trinajstić information content (AvgIpc) is 3.21. The molecule has 1 aliphatic carbocycles. The Balaban J connectivity index is 1.94. The van der Waals surface area contributed by atoms with Crippen LogP contribution in [0.3, 0.4) is 0 Å². The van der Waals surface area contributed by atoms with Crippen LogP contribution in [0, 0.1) is 29.1 Å². The Morgan fingerprint density at radius 3 is 1.84 bits per heavy atom. The SMILES string of the molecule is Fc1c(F)c(F)c(NCCCNC2CC2)c(F)c1F. The fourth-order valence-corrected chi connectivity index (χ4v) is 1.66. The van der Waals surface area contributed by atoms with Gasteiger partial charge in [-0.1, -0.05) is 0 Å². The zero-order chi connectivity index (χ0) is 14.0. The van der Waals surface area contributed by atoms with Gasteiger partial charge in [0.05, 0.1) is 0 Å². The molecular weight excluding hydrogens is 267 g/mol. The fourth-order valence-electron chi connectivity index (χ4n) is 1.66. The summed E-state index contributed by atoms with van der Waals surface area (Å²) in [5.74, 6) is -9.66. The standard InChI is InChI=1S/C12H13F5N2/c13-7-8(14)10(16)12(11(17)9(7)15)19-5-1-4-18-6-2-3-6/h6,18-19H,1-5H2. The number of halogens is 5. The summed E-state index contributed by atoms with van der Waals surface area (Å²) in [4.78, 5) is 0. The molecule has 2 nitrogen and oxygen atoms in total. The molecule has 106 valence electrons. The van der Waals surface area contributed by atoms with Gasteiger partial charge < -0.3 is 10.6 Å². The van der Waals surface area contributed by atoms with Crippen molar-refractivity contribution in [2.24, 2.45) is 0 Å². The third-order valence-corrected chi connectivity index (χ3v) is 2.88. The van der Waals surface area contributed by atoms with Crippen LogP contribution in [0.1, 0.15) is 19.3 Å². The van der Waals surface area contributed by atoms with Gasteiger partial charge in [0.2, 0.25) is 5.82 Å². The molecule has 19 heavy (non-hydrogen) atoms. The van der Waals surface area contributed by atoms with E-state index in [0.717, 1.165) is 12.8 Å². The van der Waals surface area contributed by atoms with Crippen molar-refractivity contribution in [2.75, 3.05) is 18.4 Å². The van der Waals surface area contributed by atoms with Crippen LogP contribution >= 0.6 is 0 Å². The van der Waals surface area contributed by atoms with Crippen LogP contribution in [0.2, 0.25) is 0 Å². The van der Waals surface area contributed by atoms with E-state index in [1.54, 1.807) is 0 Å². The van der Waals surface area contributed by atoms with Gasteiger partial charge in [-0.15, -0.1) is 0 Å². The molecule has 0 saturated heterocycles. The molecule has 0 unspecified atom stereocenters. The van der Waals surface area contributed by atoms with Crippen molar-refractivity contribution in [3.63, 3.8) is 0 Å². The van der Waals surface area contributed by atoms with Gasteiger partial charge in [-0.2, -0.15) is 0 Å². The van der Waals surface area contributed by atoms with Crippen molar-refractivity contribution >= 4 is 5.69 Å². The Morgan fingerprint density at radius 2 is 1.32 bits per heavy atom. The Hall–Kier alpha value is -1.37. The minimum Gasteiger partial charge on any atom is -0.380 e. The summed E-state index contributed by atoms with van der Waals surface area (Å²) in [5, 5.41) is 5.42. The second-order valence-corrected chi connectivity index (χ2v) is 4.45. The van der Waals surface area contributed by atoms with E-state index < -0.39 is 34.8 Å². The number of anilines is 1. The lowest BCUT2D eigenvalue weighted by Gasteiger charge is -2.10. The molecular formula is C12H13F5N2. The number of nitrogens with one attached hydrogen (secondary N) is 2. The monoisotopic (exact) mass is 280 g/mol. The summed E-state index contributed by atoms with van der Waals surface area (Å²) >= 11 is 0. The zero-order valence-corrected chi connectivity index (χ0v) is 10.0. The van der Waals surface area contributed by atoms with Gasteiger partial charge in [0.15, 0.2) is 23.3 Å². The summed E-state index contributed by atoms with van der Waals surface area (Å²) in [5.41, 5.74) is -0.970. The van der Waals surface area contributed by atoms with Crippen molar-refractivity contribution in [1.29, 1.82) is 0 Å². The van der Waals surface area contributed by atoms with Crippen LogP contribution in [0.15, 0.2) is 0 Å². The van der Waals surface area contributed by atoms with Crippen molar-refractivity contribution in [3.8, 4) is 0 Å². The summed E-state index contributed by atoms with van der Waals surface area (Å²) in [6.45, 7) is 0.755. The van der Waals surface area contributed by atoms with Gasteiger partial charge in [0.1, 0.15) is 5.69 Å². The first-order chi connectivity index (χ1) is 9.02. The van der Waals surface area contributed by atoms with Gasteiger partial charge in [-0.25, -0.2) is 22.0 Å². The summed E-state index contributed by atoms with van der Waals surface area (Å²) in [7, 11) is 0. The minimum absolute atomic E-state index is 0.123. The van der Waals surface area contributed by atoms with Gasteiger partial charge in [0.25, 0.3) is 0 Å². The lowest BCUT2D eigenvalue weighted by molar-refractivity contribution is 0.381. The first-order valence-electron chi connectivity index (χ1n) is 6.01. The molecule has 0 atom stereocenters. The molecule has 0 bridgehead atoms. The highest BCUT2D eigenvalue weighted by Gasteiger charge is 2.25. The maximum absolute atomic E-state index is 13.3. The van der Waals surface area contributed by atoms with Crippen LogP contribution in [0.5, 0.6) is 0 Å². The molecule has 0 aromatic heterocycles. The van der Waals surface area contributed by atoms with E-state index in [4.69, 9.17) is 0 Å². The lowest BCUT2D eigenvalue weighted by Crippen LogP contribution is -2.20. The summed E-state index contributed by atoms with van der Waals surface area (Å²) in [6.07, 6.45) is 2.76. The lowest BCUT2D eigenvalue weighted by atomic mass is 10.2. The topological polar surface area (TPSA) is 24.1 Å². The number of hydrogen-bond acceptors (Lipinski definition) is 2. The van der Waals surface area contributed by atoms with E-state index in [2.05, 4.69) is 10.6 Å². The first kappa shape index (κ1) is 14.0. The van der Waals surface area contributed by atoms with Gasteiger partial charge >= 0.3 is 0 Å². The molecule has 0 spiro atoms. The van der Waals surface area contributed by atoms with E-state index in [9.17, 15) is 22.0 Å². The smallest absolute Gasteiger partial charge is 0.200 e. The van der Waals surface area contributed by atoms with Gasteiger partial charge in [-0.05, 0) is 25.8 Å². The Morgan fingerprint density at radius 1 is 0.789 bits per heavy atom. The number of benzene rings is 1. The first-order valence-corrected chi connectivity index (χ1v) is 6.01. The van der Waals surface area contributed by atoms with Gasteiger partial charge in [0, 0.05) is 12.6 Å². The largest absolute Gasteiger partial charge is 0.380 e. The third-order valence-electron chi connectivity index (χ3n) is 2.88. The van der Waals surface area contributed by atoms with Crippen molar-refractivity contribution in [3.05, 3.63) is 29.1 Å². The molecule has 1 aliphatic rings. The third kappa shape index (κ3) is 3.15. The molecule has 7 heteroatoms. The number of rotatable bonds is 6. The predicted molar refractivity (Wildman–Crippen MR) is 60.4 cm³/mol. The normalized spacial score (nSPS) is 14.8. The van der Waals surface area contributed by atoms with E-state index in [1.165, 1.54) is 0 Å². The van der Waals surface area contributed by atoms with Crippen LogP contribution in [-0.2, 0) is 0 Å². The molecule has 2 rings (SSSR count). The van der Waals surface area contributed by atoms with Crippen LogP contribution < -0.4 is 10.6 Å². The van der Waals surface area contributed by atoms with Crippen molar-refractivity contribution < 1.29 is 22.0 Å². The van der Waals surface area contributed by atoms with Crippen LogP contribution in [0.4, 0.5) is 27.6 Å². The highest BCUT2D eigenvalue weighted by Crippen LogP contribution is 2.27. The van der Waals surface area contributed by atoms with E-state index in [-0.39, 0.29) is 6.54 Å². The average molecular weight is 280 g/mol. The summed E-state index contributed by atoms with van der Waals surface area (Å²) in [6, 6.07) is 0.509. The van der Waals surface area contributed by atoms with E-state index >= 15 is 0 Å². The van der Waals surface area contributed by atoms with Crippen molar-refractivity contribution in [2.45, 2.75) is 25.3 Å².